The van der Waals surface area contributed by atoms with Gasteiger partial charge in [-0.2, -0.15) is 0 Å². The Morgan fingerprint density at radius 1 is 1.18 bits per heavy atom. The van der Waals surface area contributed by atoms with Crippen molar-refractivity contribution in [1.29, 1.82) is 0 Å². The third-order valence-electron chi connectivity index (χ3n) is 2.50. The molecule has 0 aliphatic rings. The maximum Gasteiger partial charge on any atom is 0.312 e. The van der Waals surface area contributed by atoms with Crippen molar-refractivity contribution < 1.29 is 9.53 Å². The first-order valence-electron chi connectivity index (χ1n) is 5.74. The Balaban J connectivity index is 0.00000256. The summed E-state index contributed by atoms with van der Waals surface area (Å²) in [7, 11) is 0. The molecule has 0 spiro atoms. The van der Waals surface area contributed by atoms with Crippen molar-refractivity contribution in [3.05, 3.63) is 30.3 Å². The molecule has 0 N–H and O–H groups in total. The van der Waals surface area contributed by atoms with Crippen LogP contribution in [0.4, 0.5) is 0 Å². The second-order valence-corrected chi connectivity index (χ2v) is 3.56. The number of rotatable bonds is 6. The maximum atomic E-state index is 11.5. The van der Waals surface area contributed by atoms with Crippen molar-refractivity contribution in [3.63, 3.8) is 0 Å². The Hall–Kier alpha value is -1.06. The van der Waals surface area contributed by atoms with E-state index in [2.05, 4.69) is 18.7 Å². The van der Waals surface area contributed by atoms with Gasteiger partial charge in [0.1, 0.15) is 5.75 Å². The lowest BCUT2D eigenvalue weighted by molar-refractivity contribution is -0.134. The van der Waals surface area contributed by atoms with Crippen molar-refractivity contribution in [1.82, 2.24) is 4.90 Å². The molecule has 1 rings (SSSR count). The normalized spacial score (nSPS) is 9.82. The molecular formula is C13H20ClNO2. The Labute approximate surface area is 109 Å². The predicted molar refractivity (Wildman–Crippen MR) is 71.7 cm³/mol. The first-order chi connectivity index (χ1) is 7.76. The van der Waals surface area contributed by atoms with E-state index in [0.717, 1.165) is 19.6 Å². The highest BCUT2D eigenvalue weighted by atomic mass is 35.5. The average Bonchev–Trinajstić information content (AvgIpc) is 2.31. The van der Waals surface area contributed by atoms with Crippen molar-refractivity contribution in [2.24, 2.45) is 0 Å². The third kappa shape index (κ3) is 6.29. The summed E-state index contributed by atoms with van der Waals surface area (Å²) in [5.41, 5.74) is 0. The molecule has 0 aliphatic heterocycles. The van der Waals surface area contributed by atoms with Crippen LogP contribution in [-0.4, -0.2) is 30.5 Å². The molecule has 0 unspecified atom stereocenters. The number of para-hydroxylation sites is 1. The minimum absolute atomic E-state index is 0. The first kappa shape index (κ1) is 15.9. The van der Waals surface area contributed by atoms with Crippen LogP contribution in [0.1, 0.15) is 20.3 Å². The zero-order valence-corrected chi connectivity index (χ0v) is 11.2. The van der Waals surface area contributed by atoms with E-state index in [9.17, 15) is 4.79 Å². The number of carbonyl (C=O) groups is 1. The first-order valence-corrected chi connectivity index (χ1v) is 5.74. The molecule has 4 heteroatoms. The maximum absolute atomic E-state index is 11.5. The molecule has 0 radical (unpaired) electrons. The van der Waals surface area contributed by atoms with E-state index < -0.39 is 0 Å². The molecule has 0 saturated carbocycles. The van der Waals surface area contributed by atoms with Gasteiger partial charge in [-0.1, -0.05) is 32.0 Å². The van der Waals surface area contributed by atoms with Gasteiger partial charge in [-0.15, -0.1) is 12.4 Å². The predicted octanol–water partition coefficient (Wildman–Crippen LogP) is 2.75. The summed E-state index contributed by atoms with van der Waals surface area (Å²) in [4.78, 5) is 13.7. The summed E-state index contributed by atoms with van der Waals surface area (Å²) in [6.45, 7) is 6.88. The van der Waals surface area contributed by atoms with Gasteiger partial charge in [0, 0.05) is 6.54 Å². The molecule has 0 fully saturated rings. The molecule has 0 heterocycles. The highest BCUT2D eigenvalue weighted by Gasteiger charge is 2.06. The number of hydrogen-bond acceptors (Lipinski definition) is 3. The number of halogens is 1. The van der Waals surface area contributed by atoms with Crippen LogP contribution in [0.2, 0.25) is 0 Å². The fourth-order valence-corrected chi connectivity index (χ4v) is 1.46. The zero-order chi connectivity index (χ0) is 11.8. The quantitative estimate of drug-likeness (QED) is 0.580. The fourth-order valence-electron chi connectivity index (χ4n) is 1.46. The Bertz CT molecular complexity index is 312. The van der Waals surface area contributed by atoms with Crippen LogP contribution >= 0.6 is 12.4 Å². The number of hydrogen-bond donors (Lipinski definition) is 0. The number of benzene rings is 1. The summed E-state index contributed by atoms with van der Waals surface area (Å²) in [5, 5.41) is 0. The SMILES string of the molecule is CCN(CC)CCC(=O)Oc1ccccc1.Cl. The Morgan fingerprint density at radius 3 is 2.29 bits per heavy atom. The molecule has 0 atom stereocenters. The number of ether oxygens (including phenoxy) is 1. The topological polar surface area (TPSA) is 29.5 Å². The molecule has 1 aromatic carbocycles. The minimum Gasteiger partial charge on any atom is -0.426 e. The fraction of sp³-hybridized carbons (Fsp3) is 0.462. The highest BCUT2D eigenvalue weighted by Crippen LogP contribution is 2.09. The second-order valence-electron chi connectivity index (χ2n) is 3.56. The van der Waals surface area contributed by atoms with Gasteiger partial charge in [0.15, 0.2) is 0 Å². The number of carbonyl (C=O) groups excluding carboxylic acids is 1. The van der Waals surface area contributed by atoms with Crippen molar-refractivity contribution >= 4 is 18.4 Å². The second kappa shape index (κ2) is 9.02. The molecule has 0 aromatic heterocycles. The van der Waals surface area contributed by atoms with Crippen LogP contribution in [-0.2, 0) is 4.79 Å². The Kier molecular flexibility index (Phi) is 8.46. The monoisotopic (exact) mass is 257 g/mol. The summed E-state index contributed by atoms with van der Waals surface area (Å²) >= 11 is 0. The van der Waals surface area contributed by atoms with Crippen molar-refractivity contribution in [3.8, 4) is 5.75 Å². The lowest BCUT2D eigenvalue weighted by Crippen LogP contribution is -2.26. The van der Waals surface area contributed by atoms with Crippen LogP contribution in [0.25, 0.3) is 0 Å². The van der Waals surface area contributed by atoms with E-state index >= 15 is 0 Å². The summed E-state index contributed by atoms with van der Waals surface area (Å²) in [6.07, 6.45) is 0.441. The van der Waals surface area contributed by atoms with Gasteiger partial charge in [0.2, 0.25) is 0 Å². The summed E-state index contributed by atoms with van der Waals surface area (Å²) in [5.74, 6) is 0.449. The lowest BCUT2D eigenvalue weighted by atomic mass is 10.3. The molecule has 3 nitrogen and oxygen atoms in total. The number of esters is 1. The zero-order valence-electron chi connectivity index (χ0n) is 10.4. The standard InChI is InChI=1S/C13H19NO2.ClH/c1-3-14(4-2)11-10-13(15)16-12-8-6-5-7-9-12;/h5-9H,3-4,10-11H2,1-2H3;1H. The summed E-state index contributed by atoms with van der Waals surface area (Å²) in [6, 6.07) is 9.18. The molecule has 96 valence electrons. The van der Waals surface area contributed by atoms with Crippen LogP contribution in [0.15, 0.2) is 30.3 Å². The van der Waals surface area contributed by atoms with Crippen molar-refractivity contribution in [2.45, 2.75) is 20.3 Å². The van der Waals surface area contributed by atoms with Gasteiger partial charge < -0.3 is 9.64 Å². The molecule has 17 heavy (non-hydrogen) atoms. The van der Waals surface area contributed by atoms with Gasteiger partial charge in [0.25, 0.3) is 0 Å². The molecule has 0 aliphatic carbocycles. The van der Waals surface area contributed by atoms with E-state index in [-0.39, 0.29) is 18.4 Å². The number of nitrogens with zero attached hydrogens (tertiary/aromatic N) is 1. The van der Waals surface area contributed by atoms with Gasteiger partial charge in [0.05, 0.1) is 6.42 Å². The third-order valence-corrected chi connectivity index (χ3v) is 2.50. The molecule has 1 aromatic rings. The van der Waals surface area contributed by atoms with E-state index in [0.29, 0.717) is 12.2 Å². The van der Waals surface area contributed by atoms with Crippen LogP contribution < -0.4 is 4.74 Å². The van der Waals surface area contributed by atoms with E-state index in [1.165, 1.54) is 0 Å². The van der Waals surface area contributed by atoms with E-state index in [4.69, 9.17) is 4.74 Å². The minimum atomic E-state index is -0.168. The molecule has 0 bridgehead atoms. The van der Waals surface area contributed by atoms with Crippen LogP contribution in [0, 0.1) is 0 Å². The van der Waals surface area contributed by atoms with Gasteiger partial charge in [-0.25, -0.2) is 0 Å². The average molecular weight is 258 g/mol. The Morgan fingerprint density at radius 2 is 1.76 bits per heavy atom. The van der Waals surface area contributed by atoms with Crippen LogP contribution in [0.5, 0.6) is 5.75 Å². The van der Waals surface area contributed by atoms with E-state index in [1.54, 1.807) is 12.1 Å². The smallest absolute Gasteiger partial charge is 0.312 e. The largest absolute Gasteiger partial charge is 0.426 e. The molecular weight excluding hydrogens is 238 g/mol. The molecule has 0 saturated heterocycles. The lowest BCUT2D eigenvalue weighted by Gasteiger charge is -2.16. The highest BCUT2D eigenvalue weighted by molar-refractivity contribution is 5.85. The summed E-state index contributed by atoms with van der Waals surface area (Å²) < 4.78 is 5.19. The van der Waals surface area contributed by atoms with E-state index in [1.807, 2.05) is 18.2 Å². The van der Waals surface area contributed by atoms with Gasteiger partial charge >= 0.3 is 5.97 Å². The van der Waals surface area contributed by atoms with Crippen molar-refractivity contribution in [2.75, 3.05) is 19.6 Å². The molecule has 0 amide bonds. The van der Waals surface area contributed by atoms with Gasteiger partial charge in [-0.05, 0) is 25.2 Å². The van der Waals surface area contributed by atoms with Gasteiger partial charge in [-0.3, -0.25) is 4.79 Å². The van der Waals surface area contributed by atoms with Crippen LogP contribution in [0.3, 0.4) is 0 Å².